The Bertz CT molecular complexity index is 287. The van der Waals surface area contributed by atoms with Gasteiger partial charge >= 0.3 is 6.03 Å². The lowest BCUT2D eigenvalue weighted by Gasteiger charge is -2.27. The molecule has 2 aliphatic heterocycles. The second-order valence-electron chi connectivity index (χ2n) is 6.29. The van der Waals surface area contributed by atoms with Crippen molar-refractivity contribution in [3.63, 3.8) is 0 Å². The van der Waals surface area contributed by atoms with Crippen molar-refractivity contribution in [2.45, 2.75) is 39.2 Å². The molecule has 1 N–H and O–H groups in total. The van der Waals surface area contributed by atoms with Crippen molar-refractivity contribution in [3.8, 4) is 0 Å². The number of likely N-dealkylation sites (N-methyl/N-ethyl adjacent to an activating group) is 1. The summed E-state index contributed by atoms with van der Waals surface area (Å²) < 4.78 is 0. The zero-order valence-corrected chi connectivity index (χ0v) is 12.0. The molecular weight excluding hydrogens is 226 g/mol. The number of piperidine rings is 1. The lowest BCUT2D eigenvalue weighted by molar-refractivity contribution is 0.184. The largest absolute Gasteiger partial charge is 0.323 e. The van der Waals surface area contributed by atoms with Crippen LogP contribution in [0.4, 0.5) is 4.79 Å². The Morgan fingerprint density at radius 1 is 1.44 bits per heavy atom. The van der Waals surface area contributed by atoms with Gasteiger partial charge in [0.2, 0.25) is 0 Å². The van der Waals surface area contributed by atoms with E-state index in [0.717, 1.165) is 32.6 Å². The van der Waals surface area contributed by atoms with E-state index in [4.69, 9.17) is 0 Å². The maximum atomic E-state index is 12.2. The summed E-state index contributed by atoms with van der Waals surface area (Å²) in [6.45, 7) is 8.52. The first-order valence-corrected chi connectivity index (χ1v) is 7.30. The number of amides is 2. The molecular formula is C14H27N3O. The summed E-state index contributed by atoms with van der Waals surface area (Å²) in [5.74, 6) is 1.30. The molecule has 2 fully saturated rings. The molecule has 104 valence electrons. The number of carbonyl (C=O) groups is 1. The van der Waals surface area contributed by atoms with E-state index in [-0.39, 0.29) is 6.03 Å². The van der Waals surface area contributed by atoms with E-state index in [1.165, 1.54) is 12.8 Å². The van der Waals surface area contributed by atoms with Gasteiger partial charge in [-0.15, -0.1) is 0 Å². The van der Waals surface area contributed by atoms with Crippen molar-refractivity contribution in [3.05, 3.63) is 0 Å². The summed E-state index contributed by atoms with van der Waals surface area (Å²) in [4.78, 5) is 16.2. The Hall–Kier alpha value is -0.770. The van der Waals surface area contributed by atoms with E-state index in [9.17, 15) is 4.79 Å². The van der Waals surface area contributed by atoms with Gasteiger partial charge in [-0.25, -0.2) is 4.79 Å². The predicted molar refractivity (Wildman–Crippen MR) is 73.6 cm³/mol. The number of hydrogen-bond donors (Lipinski definition) is 1. The van der Waals surface area contributed by atoms with Gasteiger partial charge < -0.3 is 15.1 Å². The maximum Gasteiger partial charge on any atom is 0.320 e. The van der Waals surface area contributed by atoms with Crippen LogP contribution >= 0.6 is 0 Å². The maximum absolute atomic E-state index is 12.2. The van der Waals surface area contributed by atoms with Crippen LogP contribution in [-0.4, -0.2) is 55.1 Å². The molecule has 2 aliphatic rings. The smallest absolute Gasteiger partial charge is 0.320 e. The minimum Gasteiger partial charge on any atom is -0.323 e. The minimum absolute atomic E-state index is 0.228. The third-order valence-electron chi connectivity index (χ3n) is 4.17. The molecule has 2 atom stereocenters. The van der Waals surface area contributed by atoms with Gasteiger partial charge in [0, 0.05) is 20.1 Å². The van der Waals surface area contributed by atoms with Crippen LogP contribution in [0, 0.1) is 11.8 Å². The molecule has 0 spiro atoms. The van der Waals surface area contributed by atoms with Gasteiger partial charge in [0.15, 0.2) is 0 Å². The van der Waals surface area contributed by atoms with Crippen LogP contribution in [-0.2, 0) is 0 Å². The highest BCUT2D eigenvalue weighted by atomic mass is 16.2. The highest BCUT2D eigenvalue weighted by Gasteiger charge is 2.35. The molecule has 2 unspecified atom stereocenters. The van der Waals surface area contributed by atoms with Gasteiger partial charge in [0.25, 0.3) is 0 Å². The highest BCUT2D eigenvalue weighted by molar-refractivity contribution is 5.76. The number of carbonyl (C=O) groups excluding carboxylic acids is 1. The van der Waals surface area contributed by atoms with E-state index in [1.807, 2.05) is 11.9 Å². The topological polar surface area (TPSA) is 35.6 Å². The van der Waals surface area contributed by atoms with E-state index >= 15 is 0 Å². The van der Waals surface area contributed by atoms with Crippen LogP contribution in [0.25, 0.3) is 0 Å². The molecule has 4 nitrogen and oxygen atoms in total. The molecule has 4 heteroatoms. The van der Waals surface area contributed by atoms with Gasteiger partial charge in [0.05, 0.1) is 6.04 Å². The first-order chi connectivity index (χ1) is 8.58. The average molecular weight is 253 g/mol. The third-order valence-corrected chi connectivity index (χ3v) is 4.17. The average Bonchev–Trinajstić information content (AvgIpc) is 2.58. The van der Waals surface area contributed by atoms with Gasteiger partial charge in [-0.05, 0) is 44.2 Å². The van der Waals surface area contributed by atoms with Crippen LogP contribution in [0.2, 0.25) is 0 Å². The molecule has 18 heavy (non-hydrogen) atoms. The number of rotatable bonds is 4. The lowest BCUT2D eigenvalue weighted by atomic mass is 9.99. The predicted octanol–water partition coefficient (Wildman–Crippen LogP) is 1.77. The van der Waals surface area contributed by atoms with Gasteiger partial charge in [-0.2, -0.15) is 0 Å². The first kappa shape index (κ1) is 13.7. The number of nitrogens with zero attached hydrogens (tertiary/aromatic N) is 2. The minimum atomic E-state index is 0.228. The summed E-state index contributed by atoms with van der Waals surface area (Å²) in [6, 6.07) is 0.639. The molecule has 0 radical (unpaired) electrons. The fourth-order valence-corrected chi connectivity index (χ4v) is 3.16. The van der Waals surface area contributed by atoms with E-state index in [0.29, 0.717) is 17.9 Å². The van der Waals surface area contributed by atoms with E-state index < -0.39 is 0 Å². The van der Waals surface area contributed by atoms with Crippen LogP contribution < -0.4 is 5.32 Å². The van der Waals surface area contributed by atoms with Crippen molar-refractivity contribution in [1.29, 1.82) is 0 Å². The van der Waals surface area contributed by atoms with E-state index in [1.54, 1.807) is 0 Å². The molecule has 0 aromatic carbocycles. The van der Waals surface area contributed by atoms with Gasteiger partial charge in [-0.3, -0.25) is 0 Å². The molecule has 0 saturated carbocycles. The van der Waals surface area contributed by atoms with Gasteiger partial charge in [0.1, 0.15) is 0 Å². The molecule has 2 amide bonds. The molecule has 0 bridgehead atoms. The number of nitrogens with one attached hydrogen (secondary N) is 1. The molecule has 0 aromatic heterocycles. The van der Waals surface area contributed by atoms with Crippen LogP contribution in [0.15, 0.2) is 0 Å². The van der Waals surface area contributed by atoms with Crippen molar-refractivity contribution in [2.75, 3.05) is 33.2 Å². The SMILES string of the molecule is CC(C)CC1CN(CC2CCCNC2)C(=O)N1C. The Balaban J connectivity index is 1.87. The monoisotopic (exact) mass is 253 g/mol. The molecule has 2 rings (SSSR count). The number of hydrogen-bond acceptors (Lipinski definition) is 2. The van der Waals surface area contributed by atoms with Crippen LogP contribution in [0.3, 0.4) is 0 Å². The van der Waals surface area contributed by atoms with E-state index in [2.05, 4.69) is 24.1 Å². The molecule has 2 saturated heterocycles. The van der Waals surface area contributed by atoms with Crippen molar-refractivity contribution in [2.24, 2.45) is 11.8 Å². The normalized spacial score (nSPS) is 29.4. The van der Waals surface area contributed by atoms with Gasteiger partial charge in [-0.1, -0.05) is 13.8 Å². The third kappa shape index (κ3) is 3.16. The first-order valence-electron chi connectivity index (χ1n) is 7.30. The summed E-state index contributed by atoms with van der Waals surface area (Å²) >= 11 is 0. The zero-order valence-electron chi connectivity index (χ0n) is 12.0. The number of urea groups is 1. The van der Waals surface area contributed by atoms with Crippen LogP contribution in [0.5, 0.6) is 0 Å². The molecule has 0 aromatic rings. The Morgan fingerprint density at radius 2 is 2.22 bits per heavy atom. The highest BCUT2D eigenvalue weighted by Crippen LogP contribution is 2.22. The van der Waals surface area contributed by atoms with Crippen molar-refractivity contribution < 1.29 is 4.79 Å². The fraction of sp³-hybridized carbons (Fsp3) is 0.929. The summed E-state index contributed by atoms with van der Waals surface area (Å²) in [5, 5.41) is 3.43. The Morgan fingerprint density at radius 3 is 2.83 bits per heavy atom. The Labute approximate surface area is 111 Å². The summed E-state index contributed by atoms with van der Waals surface area (Å²) in [6.07, 6.45) is 3.62. The standard InChI is InChI=1S/C14H27N3O/c1-11(2)7-13-10-17(14(18)16(13)3)9-12-5-4-6-15-8-12/h11-13,15H,4-10H2,1-3H3. The summed E-state index contributed by atoms with van der Waals surface area (Å²) in [5.41, 5.74) is 0. The summed E-state index contributed by atoms with van der Waals surface area (Å²) in [7, 11) is 1.95. The zero-order chi connectivity index (χ0) is 13.1. The molecule has 0 aliphatic carbocycles. The second-order valence-corrected chi connectivity index (χ2v) is 6.29. The van der Waals surface area contributed by atoms with Crippen LogP contribution in [0.1, 0.15) is 33.1 Å². The lowest BCUT2D eigenvalue weighted by Crippen LogP contribution is -2.39. The molecule has 2 heterocycles. The van der Waals surface area contributed by atoms with Crippen molar-refractivity contribution in [1.82, 2.24) is 15.1 Å². The second kappa shape index (κ2) is 5.91. The van der Waals surface area contributed by atoms with Crippen molar-refractivity contribution >= 4 is 6.03 Å². The quantitative estimate of drug-likeness (QED) is 0.829. The Kier molecular flexibility index (Phi) is 4.49. The fourth-order valence-electron chi connectivity index (χ4n) is 3.16.